The molecule has 4 aromatic rings. The van der Waals surface area contributed by atoms with Gasteiger partial charge in [-0.1, -0.05) is 44.5 Å². The summed E-state index contributed by atoms with van der Waals surface area (Å²) < 4.78 is 23.9. The molecule has 1 heterocycles. The van der Waals surface area contributed by atoms with Crippen molar-refractivity contribution in [2.45, 2.75) is 46.5 Å². The molecule has 0 unspecified atom stereocenters. The van der Waals surface area contributed by atoms with Crippen molar-refractivity contribution in [2.75, 3.05) is 13.2 Å². The number of hydrogen-bond donors (Lipinski definition) is 1. The molecule has 0 radical (unpaired) electrons. The van der Waals surface area contributed by atoms with Gasteiger partial charge in [0.2, 0.25) is 0 Å². The molecule has 0 saturated heterocycles. The Kier molecular flexibility index (Phi) is 8.56. The number of phenols is 1. The predicted octanol–water partition coefficient (Wildman–Crippen LogP) is 8.12. The fourth-order valence-corrected chi connectivity index (χ4v) is 4.14. The molecule has 188 valence electrons. The van der Waals surface area contributed by atoms with Crippen LogP contribution in [0.15, 0.2) is 77.4 Å². The lowest BCUT2D eigenvalue weighted by molar-refractivity contribution is 0.244. The normalized spacial score (nSPS) is 10.9. The van der Waals surface area contributed by atoms with Crippen molar-refractivity contribution in [1.29, 1.82) is 0 Å². The van der Waals surface area contributed by atoms with E-state index in [9.17, 15) is 5.11 Å². The van der Waals surface area contributed by atoms with Gasteiger partial charge in [-0.05, 0) is 67.3 Å². The Balaban J connectivity index is 1.37. The third-order valence-electron chi connectivity index (χ3n) is 6.05. The molecule has 0 aliphatic rings. The van der Waals surface area contributed by atoms with Gasteiger partial charge < -0.3 is 23.7 Å². The largest absolute Gasteiger partial charge is 0.507 e. The van der Waals surface area contributed by atoms with Crippen molar-refractivity contribution in [3.63, 3.8) is 0 Å². The highest BCUT2D eigenvalue weighted by Crippen LogP contribution is 2.36. The van der Waals surface area contributed by atoms with Crippen LogP contribution in [0.4, 0.5) is 0 Å². The molecule has 0 atom stereocenters. The van der Waals surface area contributed by atoms with Gasteiger partial charge in [0.25, 0.3) is 0 Å². The van der Waals surface area contributed by atoms with Crippen LogP contribution < -0.4 is 14.2 Å². The molecule has 5 nitrogen and oxygen atoms in total. The first-order chi connectivity index (χ1) is 17.6. The monoisotopic (exact) mass is 486 g/mol. The lowest BCUT2D eigenvalue weighted by Gasteiger charge is -2.17. The molecule has 0 aliphatic heterocycles. The molecule has 0 fully saturated rings. The Labute approximate surface area is 213 Å². The van der Waals surface area contributed by atoms with E-state index in [1.54, 1.807) is 18.4 Å². The van der Waals surface area contributed by atoms with Gasteiger partial charge in [0.05, 0.1) is 25.0 Å². The van der Waals surface area contributed by atoms with E-state index in [2.05, 4.69) is 13.8 Å². The lowest BCUT2D eigenvalue weighted by Crippen LogP contribution is -2.07. The van der Waals surface area contributed by atoms with Crippen LogP contribution in [0.25, 0.3) is 11.3 Å². The molecule has 4 rings (SSSR count). The maximum Gasteiger partial charge on any atom is 0.137 e. The SMILES string of the molecule is CCCc1c(OCCCOc2cc(O)c(-c3ccco3)cc2CC)cccc1Oc1ccccc1C. The van der Waals surface area contributed by atoms with Gasteiger partial charge in [0, 0.05) is 18.1 Å². The Morgan fingerprint density at radius 3 is 2.28 bits per heavy atom. The lowest BCUT2D eigenvalue weighted by atomic mass is 10.0. The van der Waals surface area contributed by atoms with E-state index in [0.29, 0.717) is 36.7 Å². The standard InChI is InChI=1S/C31H34O5/c1-4-11-24-28(14-8-15-30(24)36-27-13-7-6-12-22(27)3)34-18-10-19-35-31-21-26(32)25(20-23(31)5-2)29-16-9-17-33-29/h6-9,12-17,20-21,32H,4-5,10-11,18-19H2,1-3H3. The molecule has 5 heteroatoms. The van der Waals surface area contributed by atoms with Crippen LogP contribution in [-0.2, 0) is 12.8 Å². The summed E-state index contributed by atoms with van der Waals surface area (Å²) in [6.07, 6.45) is 4.95. The van der Waals surface area contributed by atoms with E-state index in [0.717, 1.165) is 53.2 Å². The number of furan rings is 1. The van der Waals surface area contributed by atoms with Crippen molar-refractivity contribution in [1.82, 2.24) is 0 Å². The zero-order chi connectivity index (χ0) is 25.3. The minimum atomic E-state index is 0.142. The molecular formula is C31H34O5. The highest BCUT2D eigenvalue weighted by Gasteiger charge is 2.14. The van der Waals surface area contributed by atoms with Gasteiger partial charge in [0.1, 0.15) is 34.5 Å². The second kappa shape index (κ2) is 12.2. The number of aromatic hydroxyl groups is 1. The van der Waals surface area contributed by atoms with E-state index < -0.39 is 0 Å². The summed E-state index contributed by atoms with van der Waals surface area (Å²) in [4.78, 5) is 0. The molecule has 0 bridgehead atoms. The van der Waals surface area contributed by atoms with Crippen LogP contribution in [0, 0.1) is 6.92 Å². The number of hydrogen-bond acceptors (Lipinski definition) is 5. The fourth-order valence-electron chi connectivity index (χ4n) is 4.14. The molecule has 0 saturated carbocycles. The topological polar surface area (TPSA) is 61.1 Å². The van der Waals surface area contributed by atoms with Crippen molar-refractivity contribution < 1.29 is 23.7 Å². The molecule has 0 spiro atoms. The zero-order valence-corrected chi connectivity index (χ0v) is 21.3. The number of benzene rings is 3. The first-order valence-corrected chi connectivity index (χ1v) is 12.6. The third kappa shape index (κ3) is 6.03. The first-order valence-electron chi connectivity index (χ1n) is 12.6. The van der Waals surface area contributed by atoms with Crippen LogP contribution in [0.3, 0.4) is 0 Å². The number of para-hydroxylation sites is 1. The van der Waals surface area contributed by atoms with Crippen molar-refractivity contribution >= 4 is 0 Å². The maximum atomic E-state index is 10.5. The Hall–Kier alpha value is -3.86. The zero-order valence-electron chi connectivity index (χ0n) is 21.3. The molecule has 36 heavy (non-hydrogen) atoms. The van der Waals surface area contributed by atoms with Crippen molar-refractivity contribution in [3.8, 4) is 40.1 Å². The summed E-state index contributed by atoms with van der Waals surface area (Å²) in [7, 11) is 0. The van der Waals surface area contributed by atoms with E-state index in [4.69, 9.17) is 18.6 Å². The average molecular weight is 487 g/mol. The van der Waals surface area contributed by atoms with Crippen LogP contribution in [0.2, 0.25) is 0 Å². The number of aryl methyl sites for hydroxylation is 2. The predicted molar refractivity (Wildman–Crippen MR) is 142 cm³/mol. The van der Waals surface area contributed by atoms with Gasteiger partial charge >= 0.3 is 0 Å². The van der Waals surface area contributed by atoms with Crippen LogP contribution in [0.1, 0.15) is 43.4 Å². The summed E-state index contributed by atoms with van der Waals surface area (Å²) in [6, 6.07) is 21.2. The average Bonchev–Trinajstić information content (AvgIpc) is 3.42. The van der Waals surface area contributed by atoms with Crippen LogP contribution in [0.5, 0.6) is 28.7 Å². The van der Waals surface area contributed by atoms with Gasteiger partial charge in [-0.25, -0.2) is 0 Å². The Morgan fingerprint density at radius 1 is 0.806 bits per heavy atom. The second-order valence-electron chi connectivity index (χ2n) is 8.71. The fraction of sp³-hybridized carbons (Fsp3) is 0.290. The highest BCUT2D eigenvalue weighted by atomic mass is 16.5. The van der Waals surface area contributed by atoms with Crippen LogP contribution in [-0.4, -0.2) is 18.3 Å². The Morgan fingerprint density at radius 2 is 1.56 bits per heavy atom. The minimum Gasteiger partial charge on any atom is -0.507 e. The number of rotatable bonds is 12. The first kappa shape index (κ1) is 25.2. The number of phenolic OH excluding ortho intramolecular Hbond substituents is 1. The van der Waals surface area contributed by atoms with Gasteiger partial charge in [-0.15, -0.1) is 0 Å². The summed E-state index contributed by atoms with van der Waals surface area (Å²) >= 11 is 0. The number of ether oxygens (including phenoxy) is 3. The smallest absolute Gasteiger partial charge is 0.137 e. The van der Waals surface area contributed by atoms with E-state index in [1.165, 1.54) is 0 Å². The van der Waals surface area contributed by atoms with E-state index in [-0.39, 0.29) is 5.75 Å². The van der Waals surface area contributed by atoms with Crippen molar-refractivity contribution in [2.24, 2.45) is 0 Å². The summed E-state index contributed by atoms with van der Waals surface area (Å²) in [5.74, 6) is 4.00. The van der Waals surface area contributed by atoms with Crippen molar-refractivity contribution in [3.05, 3.63) is 89.7 Å². The molecule has 0 amide bonds. The molecule has 1 aromatic heterocycles. The second-order valence-corrected chi connectivity index (χ2v) is 8.71. The summed E-state index contributed by atoms with van der Waals surface area (Å²) in [5.41, 5.74) is 3.86. The van der Waals surface area contributed by atoms with E-state index in [1.807, 2.05) is 61.5 Å². The van der Waals surface area contributed by atoms with Gasteiger partial charge in [-0.3, -0.25) is 0 Å². The van der Waals surface area contributed by atoms with Gasteiger partial charge in [-0.2, -0.15) is 0 Å². The molecule has 1 N–H and O–H groups in total. The third-order valence-corrected chi connectivity index (χ3v) is 6.05. The quantitative estimate of drug-likeness (QED) is 0.205. The summed E-state index contributed by atoms with van der Waals surface area (Å²) in [5, 5.41) is 10.5. The molecular weight excluding hydrogens is 452 g/mol. The molecule has 3 aromatic carbocycles. The van der Waals surface area contributed by atoms with Crippen LogP contribution >= 0.6 is 0 Å². The molecule has 0 aliphatic carbocycles. The minimum absolute atomic E-state index is 0.142. The Bertz CT molecular complexity index is 1260. The maximum absolute atomic E-state index is 10.5. The van der Waals surface area contributed by atoms with Gasteiger partial charge in [0.15, 0.2) is 0 Å². The summed E-state index contributed by atoms with van der Waals surface area (Å²) in [6.45, 7) is 7.26. The van der Waals surface area contributed by atoms with E-state index >= 15 is 0 Å². The highest BCUT2D eigenvalue weighted by molar-refractivity contribution is 5.68.